The molecule has 4 N–H and O–H groups in total. The van der Waals surface area contributed by atoms with Crippen LogP contribution in [0.5, 0.6) is 0 Å². The van der Waals surface area contributed by atoms with Crippen molar-refractivity contribution in [1.82, 2.24) is 10.6 Å². The van der Waals surface area contributed by atoms with Gasteiger partial charge in [0, 0.05) is 29.2 Å². The number of aromatic carboxylic acids is 1. The standard InChI is InChI=1S/C31H34N2O8S/c1-2-39-28(35)17-33-31(38)32-16-20-7-13-23(14-8-20)30-40-24(19-42-27-6-4-3-5-25(27)29(36)37)15-26(41-30)22-11-9-21(18-34)10-12-22/h3-14,24,26,30,34H,2,15-19H2,1H3,(H,36,37)(H2,32,33,38). The first-order chi connectivity index (χ1) is 20.4. The number of hydrogen-bond donors (Lipinski definition) is 4. The molecule has 0 aromatic heterocycles. The lowest BCUT2D eigenvalue weighted by atomic mass is 10.0. The fourth-order valence-corrected chi connectivity index (χ4v) is 5.44. The van der Waals surface area contributed by atoms with E-state index in [1.54, 1.807) is 25.1 Å². The van der Waals surface area contributed by atoms with Crippen LogP contribution in [-0.2, 0) is 32.2 Å². The number of nitrogens with one attached hydrogen (secondary N) is 2. The predicted molar refractivity (Wildman–Crippen MR) is 156 cm³/mol. The quantitative estimate of drug-likeness (QED) is 0.175. The fourth-order valence-electron chi connectivity index (χ4n) is 4.38. The number of ether oxygens (including phenoxy) is 3. The van der Waals surface area contributed by atoms with Crippen LogP contribution in [0.2, 0.25) is 0 Å². The summed E-state index contributed by atoms with van der Waals surface area (Å²) in [5, 5.41) is 24.1. The van der Waals surface area contributed by atoms with Gasteiger partial charge in [-0.3, -0.25) is 4.79 Å². The number of amides is 2. The number of aliphatic hydroxyl groups is 1. The van der Waals surface area contributed by atoms with Crippen molar-refractivity contribution in [3.8, 4) is 0 Å². The van der Waals surface area contributed by atoms with Crippen molar-refractivity contribution in [2.75, 3.05) is 18.9 Å². The highest BCUT2D eigenvalue weighted by Gasteiger charge is 2.32. The van der Waals surface area contributed by atoms with Crippen LogP contribution in [-0.4, -0.2) is 53.2 Å². The van der Waals surface area contributed by atoms with Crippen LogP contribution in [0.3, 0.4) is 0 Å². The summed E-state index contributed by atoms with van der Waals surface area (Å²) in [6.45, 7) is 1.94. The minimum Gasteiger partial charge on any atom is -0.478 e. The molecule has 1 fully saturated rings. The molecular weight excluding hydrogens is 560 g/mol. The SMILES string of the molecule is CCOC(=O)CNC(=O)NCc1ccc(C2OC(CSc3ccccc3C(=O)O)CC(c3ccc(CO)cc3)O2)cc1. The average molecular weight is 595 g/mol. The second kappa shape index (κ2) is 15.4. The van der Waals surface area contributed by atoms with E-state index in [4.69, 9.17) is 14.2 Å². The Labute approximate surface area is 248 Å². The molecule has 0 saturated carbocycles. The normalized spacial score (nSPS) is 18.2. The lowest BCUT2D eigenvalue weighted by Crippen LogP contribution is -2.38. The highest BCUT2D eigenvalue weighted by molar-refractivity contribution is 7.99. The molecule has 2 amide bonds. The van der Waals surface area contributed by atoms with Gasteiger partial charge >= 0.3 is 18.0 Å². The monoisotopic (exact) mass is 594 g/mol. The third-order valence-corrected chi connectivity index (χ3v) is 7.77. The average Bonchev–Trinajstić information content (AvgIpc) is 3.02. The third kappa shape index (κ3) is 8.80. The first-order valence-electron chi connectivity index (χ1n) is 13.6. The van der Waals surface area contributed by atoms with E-state index in [0.717, 1.165) is 22.3 Å². The van der Waals surface area contributed by atoms with E-state index in [1.807, 2.05) is 54.6 Å². The van der Waals surface area contributed by atoms with Gasteiger partial charge in [-0.2, -0.15) is 0 Å². The van der Waals surface area contributed by atoms with Crippen molar-refractivity contribution in [3.05, 3.63) is 101 Å². The first kappa shape index (κ1) is 31.0. The predicted octanol–water partition coefficient (Wildman–Crippen LogP) is 4.58. The molecule has 222 valence electrons. The summed E-state index contributed by atoms with van der Waals surface area (Å²) in [4.78, 5) is 35.7. The maximum atomic E-state index is 12.0. The summed E-state index contributed by atoms with van der Waals surface area (Å²) in [6, 6.07) is 21.5. The van der Waals surface area contributed by atoms with Gasteiger partial charge in [0.25, 0.3) is 0 Å². The lowest BCUT2D eigenvalue weighted by molar-refractivity contribution is -0.245. The summed E-state index contributed by atoms with van der Waals surface area (Å²) < 4.78 is 17.5. The zero-order valence-electron chi connectivity index (χ0n) is 23.2. The van der Waals surface area contributed by atoms with Gasteiger partial charge in [0.05, 0.1) is 31.0 Å². The Balaban J connectivity index is 1.43. The molecule has 42 heavy (non-hydrogen) atoms. The molecule has 1 aliphatic rings. The topological polar surface area (TPSA) is 143 Å². The molecule has 0 bridgehead atoms. The molecule has 4 rings (SSSR count). The summed E-state index contributed by atoms with van der Waals surface area (Å²) in [6.07, 6.45) is -0.611. The minimum atomic E-state index is -0.975. The van der Waals surface area contributed by atoms with Gasteiger partial charge < -0.3 is 35.1 Å². The van der Waals surface area contributed by atoms with Crippen LogP contribution in [0.4, 0.5) is 4.79 Å². The number of rotatable bonds is 12. The number of urea groups is 1. The number of carboxylic acids is 1. The number of esters is 1. The summed E-state index contributed by atoms with van der Waals surface area (Å²) >= 11 is 1.43. The van der Waals surface area contributed by atoms with E-state index in [-0.39, 0.29) is 44.1 Å². The van der Waals surface area contributed by atoms with Crippen molar-refractivity contribution in [2.45, 2.75) is 49.9 Å². The second-order valence-electron chi connectivity index (χ2n) is 9.55. The van der Waals surface area contributed by atoms with Gasteiger partial charge in [0.15, 0.2) is 6.29 Å². The van der Waals surface area contributed by atoms with E-state index in [1.165, 1.54) is 11.8 Å². The summed E-state index contributed by atoms with van der Waals surface area (Å²) in [5.74, 6) is -0.954. The lowest BCUT2D eigenvalue weighted by Gasteiger charge is -2.36. The van der Waals surface area contributed by atoms with Crippen LogP contribution in [0.1, 0.15) is 58.4 Å². The zero-order valence-corrected chi connectivity index (χ0v) is 24.0. The van der Waals surface area contributed by atoms with Gasteiger partial charge in [-0.05, 0) is 35.7 Å². The number of carbonyl (C=O) groups excluding carboxylic acids is 2. The third-order valence-electron chi connectivity index (χ3n) is 6.56. The number of aliphatic hydroxyl groups excluding tert-OH is 1. The summed E-state index contributed by atoms with van der Waals surface area (Å²) in [7, 11) is 0. The maximum absolute atomic E-state index is 12.0. The number of carboxylic acid groups (broad SMARTS) is 1. The molecule has 11 heteroatoms. The Kier molecular flexibility index (Phi) is 11.4. The van der Waals surface area contributed by atoms with Crippen molar-refractivity contribution in [3.63, 3.8) is 0 Å². The Hall–Kier alpha value is -3.90. The first-order valence-corrected chi connectivity index (χ1v) is 14.6. The van der Waals surface area contributed by atoms with E-state index in [2.05, 4.69) is 10.6 Å². The van der Waals surface area contributed by atoms with Gasteiger partial charge in [-0.25, -0.2) is 9.59 Å². The van der Waals surface area contributed by atoms with Crippen LogP contribution < -0.4 is 10.6 Å². The van der Waals surface area contributed by atoms with Crippen LogP contribution >= 0.6 is 11.8 Å². The molecular formula is C31H34N2O8S. The van der Waals surface area contributed by atoms with Gasteiger partial charge in [-0.15, -0.1) is 11.8 Å². The molecule has 1 heterocycles. The van der Waals surface area contributed by atoms with Crippen molar-refractivity contribution in [1.29, 1.82) is 0 Å². The molecule has 3 aromatic rings. The molecule has 3 atom stereocenters. The van der Waals surface area contributed by atoms with Crippen molar-refractivity contribution >= 4 is 29.7 Å². The smallest absolute Gasteiger partial charge is 0.336 e. The van der Waals surface area contributed by atoms with Gasteiger partial charge in [0.1, 0.15) is 6.54 Å². The largest absolute Gasteiger partial charge is 0.478 e. The zero-order chi connectivity index (χ0) is 29.9. The Bertz CT molecular complexity index is 1350. The second-order valence-corrected chi connectivity index (χ2v) is 10.6. The number of carbonyl (C=O) groups is 3. The molecule has 0 aliphatic carbocycles. The van der Waals surface area contributed by atoms with E-state index in [9.17, 15) is 24.6 Å². The Morgan fingerprint density at radius 3 is 2.31 bits per heavy atom. The van der Waals surface area contributed by atoms with E-state index < -0.39 is 24.3 Å². The highest BCUT2D eigenvalue weighted by Crippen LogP contribution is 2.39. The van der Waals surface area contributed by atoms with Crippen molar-refractivity contribution in [2.24, 2.45) is 0 Å². The number of thioether (sulfide) groups is 1. The molecule has 0 radical (unpaired) electrons. The Morgan fingerprint density at radius 1 is 0.929 bits per heavy atom. The molecule has 3 unspecified atom stereocenters. The molecule has 1 saturated heterocycles. The molecule has 0 spiro atoms. The van der Waals surface area contributed by atoms with Crippen LogP contribution in [0.25, 0.3) is 0 Å². The van der Waals surface area contributed by atoms with Gasteiger partial charge in [-0.1, -0.05) is 60.7 Å². The summed E-state index contributed by atoms with van der Waals surface area (Å²) in [5.41, 5.74) is 3.65. The molecule has 3 aromatic carbocycles. The Morgan fingerprint density at radius 2 is 1.62 bits per heavy atom. The van der Waals surface area contributed by atoms with E-state index >= 15 is 0 Å². The van der Waals surface area contributed by atoms with Crippen molar-refractivity contribution < 1.29 is 38.8 Å². The molecule has 1 aliphatic heterocycles. The fraction of sp³-hybridized carbons (Fsp3) is 0.323. The van der Waals surface area contributed by atoms with Gasteiger partial charge in [0.2, 0.25) is 0 Å². The van der Waals surface area contributed by atoms with Crippen LogP contribution in [0, 0.1) is 0 Å². The minimum absolute atomic E-state index is 0.0476. The van der Waals surface area contributed by atoms with E-state index in [0.29, 0.717) is 17.1 Å². The highest BCUT2D eigenvalue weighted by atomic mass is 32.2. The van der Waals surface area contributed by atoms with Crippen LogP contribution in [0.15, 0.2) is 77.7 Å². The number of hydrogen-bond acceptors (Lipinski definition) is 8. The number of benzene rings is 3. The maximum Gasteiger partial charge on any atom is 0.336 e. The molecule has 10 nitrogen and oxygen atoms in total.